The summed E-state index contributed by atoms with van der Waals surface area (Å²) in [6.07, 6.45) is 8.51. The van der Waals surface area contributed by atoms with Crippen LogP contribution in [0.5, 0.6) is 11.5 Å². The summed E-state index contributed by atoms with van der Waals surface area (Å²) in [5.41, 5.74) is 7.59. The highest BCUT2D eigenvalue weighted by atomic mass is 32.1. The molecule has 0 radical (unpaired) electrons. The molecule has 10 aromatic rings. The standard InChI is InChI=1S/C15H22O2.C15H26O.C14H18O.2C13H22O.C13H22S.C12H20O.C12H18.C11H18O.3CH4/c1-10(2)14(15(3,4)5)11-6-7-12-13(8-11)17-9-16-12;1-10(2)12-8-13(16-9-12)14(11(3)4)15(5,6)7;1-4-12(10(2)3)14-9-11-7-5-6-8-13(11)15-14;1-9(2)12(13(4,5)6)11-8-7-10(3)14-11;1-6-12(10(4)5)13-7-11(8-14-13)9(2)3;1-9(2)12(13(4,5)6)11-8-7-10(3)14-11;1-8(2)12(9(3)4)11-7-6-10(5)13-11;1-4-12(10(2)3)11-8-6-5-7-9-11;1-5-10(8(2)3)11-7-6-9(4)12-11;;;/h6-8,10,14H,9H2,1-5H3;8-11,14H,1-7H3;5-10,12H,4H2,1-3H3;7-9,12H,1-6H3;7-10,12H,6H2,1-5H3;7-9,12H,1-6H3;6-9,12H,1-5H3;5-10,12H,4H2,1-3H3;6-8,10H,5H2,1-4H3;3*1H4/t2*14-;4*12-;;12-;10-;;;/m000000.00.../s1. The fourth-order valence-electron chi connectivity index (χ4n) is 19.9. The molecule has 3 aromatic carbocycles. The first-order valence-electron chi connectivity index (χ1n) is 49.3. The molecule has 0 N–H and O–H groups in total. The number of hydrogen-bond donors (Lipinski definition) is 0. The quantitative estimate of drug-likeness (QED) is 0.0558. The van der Waals surface area contributed by atoms with Crippen LogP contribution in [0.2, 0.25) is 0 Å². The summed E-state index contributed by atoms with van der Waals surface area (Å²) in [5, 5.41) is 1.21. The van der Waals surface area contributed by atoms with Gasteiger partial charge in [0.2, 0.25) is 6.79 Å². The number of rotatable bonds is 25. The van der Waals surface area contributed by atoms with Gasteiger partial charge in [0.15, 0.2) is 11.5 Å². The fourth-order valence-corrected chi connectivity index (χ4v) is 21.3. The van der Waals surface area contributed by atoms with E-state index < -0.39 is 0 Å². The van der Waals surface area contributed by atoms with Crippen LogP contribution >= 0.6 is 11.3 Å². The second-order valence-corrected chi connectivity index (χ2v) is 46.1. The third-order valence-electron chi connectivity index (χ3n) is 25.2. The topological polar surface area (TPSA) is 97.3 Å². The van der Waals surface area contributed by atoms with Gasteiger partial charge >= 0.3 is 0 Å². The highest BCUT2D eigenvalue weighted by molar-refractivity contribution is 7.12. The molecule has 738 valence electrons. The third kappa shape index (κ3) is 39.8. The Morgan fingerprint density at radius 1 is 0.292 bits per heavy atom. The molecule has 8 atom stereocenters. The van der Waals surface area contributed by atoms with E-state index in [0.29, 0.717) is 125 Å². The van der Waals surface area contributed by atoms with Gasteiger partial charge in [-0.05, 0) is 265 Å². The van der Waals surface area contributed by atoms with Gasteiger partial charge in [0.25, 0.3) is 0 Å². The Balaban J connectivity index is 0.00000144. The van der Waals surface area contributed by atoms with Crippen LogP contribution in [0, 0.1) is 109 Å². The van der Waals surface area contributed by atoms with E-state index in [-0.39, 0.29) is 38.5 Å². The molecule has 8 heterocycles. The number of para-hydroxylation sites is 1. The molecule has 7 aromatic heterocycles. The Kier molecular flexibility index (Phi) is 54.4. The Bertz CT molecular complexity index is 4440. The zero-order valence-electron chi connectivity index (χ0n) is 89.3. The van der Waals surface area contributed by atoms with Gasteiger partial charge in [-0.15, -0.1) is 11.3 Å². The predicted octanol–water partition coefficient (Wildman–Crippen LogP) is 41.2. The summed E-state index contributed by atoms with van der Waals surface area (Å²) < 4.78 is 45.1. The molecule has 1 aliphatic rings. The van der Waals surface area contributed by atoms with Crippen LogP contribution in [0.1, 0.15) is 474 Å². The first-order valence-corrected chi connectivity index (χ1v) is 50.1. The fraction of sp³-hybridized carbons (Fsp3) is 0.636. The van der Waals surface area contributed by atoms with Gasteiger partial charge in [-0.3, -0.25) is 0 Å². The van der Waals surface area contributed by atoms with E-state index in [1.807, 2.05) is 75.0 Å². The van der Waals surface area contributed by atoms with Crippen molar-refractivity contribution in [3.05, 3.63) is 236 Å². The smallest absolute Gasteiger partial charge is 0.231 e. The van der Waals surface area contributed by atoms with Crippen LogP contribution in [0.3, 0.4) is 0 Å². The largest absolute Gasteiger partial charge is 0.469 e. The van der Waals surface area contributed by atoms with E-state index in [2.05, 4.69) is 393 Å². The van der Waals surface area contributed by atoms with E-state index in [9.17, 15) is 0 Å². The minimum absolute atomic E-state index is 0. The van der Waals surface area contributed by atoms with Crippen molar-refractivity contribution in [3.8, 4) is 11.5 Å². The molecule has 8 nitrogen and oxygen atoms in total. The van der Waals surface area contributed by atoms with Crippen molar-refractivity contribution in [1.29, 1.82) is 0 Å². The van der Waals surface area contributed by atoms with Crippen LogP contribution in [-0.4, -0.2) is 6.79 Å². The van der Waals surface area contributed by atoms with Crippen molar-refractivity contribution in [2.45, 2.75) is 418 Å². The Morgan fingerprint density at radius 3 is 1.03 bits per heavy atom. The van der Waals surface area contributed by atoms with Crippen molar-refractivity contribution in [2.75, 3.05) is 6.79 Å². The number of aryl methyl sites for hydroxylation is 4. The van der Waals surface area contributed by atoms with Crippen LogP contribution in [0.4, 0.5) is 0 Å². The summed E-state index contributed by atoms with van der Waals surface area (Å²) in [6, 6.07) is 49.0. The average Bonchev–Trinajstić information content (AvgIpc) is 1.39. The molecule has 0 aliphatic carbocycles. The van der Waals surface area contributed by atoms with Crippen LogP contribution in [0.15, 0.2) is 179 Å². The zero-order chi connectivity index (χ0) is 96.7. The molecule has 1 aliphatic heterocycles. The van der Waals surface area contributed by atoms with Crippen molar-refractivity contribution in [3.63, 3.8) is 0 Å². The van der Waals surface area contributed by atoms with Gasteiger partial charge in [0, 0.05) is 56.6 Å². The van der Waals surface area contributed by atoms with Gasteiger partial charge in [-0.25, -0.2) is 0 Å². The normalized spacial score (nSPS) is 13.9. The molecule has 11 rings (SSSR count). The number of benzene rings is 3. The number of fused-ring (bicyclic) bond motifs is 2. The Labute approximate surface area is 805 Å². The second-order valence-electron chi connectivity index (χ2n) is 44.8. The molecule has 0 unspecified atom stereocenters. The lowest BCUT2D eigenvalue weighted by Gasteiger charge is -2.34. The second kappa shape index (κ2) is 57.6. The molecule has 0 amide bonds. The first-order chi connectivity index (χ1) is 59.0. The number of thiophene rings is 1. The predicted molar refractivity (Wildman–Crippen MR) is 572 cm³/mol. The van der Waals surface area contributed by atoms with Crippen LogP contribution < -0.4 is 9.47 Å². The van der Waals surface area contributed by atoms with Crippen molar-refractivity contribution >= 4 is 22.3 Å². The van der Waals surface area contributed by atoms with E-state index in [1.54, 1.807) is 4.88 Å². The summed E-state index contributed by atoms with van der Waals surface area (Å²) in [4.78, 5) is 2.97. The number of ether oxygens (including phenoxy) is 2. The molecule has 0 saturated carbocycles. The third-order valence-corrected chi connectivity index (χ3v) is 26.3. The van der Waals surface area contributed by atoms with E-state index >= 15 is 0 Å². The van der Waals surface area contributed by atoms with Gasteiger partial charge in [0.1, 0.15) is 57.4 Å². The maximum atomic E-state index is 5.88. The number of hydrogen-bond acceptors (Lipinski definition) is 9. The summed E-state index contributed by atoms with van der Waals surface area (Å²) in [5.74, 6) is 24.5. The van der Waals surface area contributed by atoms with Crippen LogP contribution in [-0.2, 0) is 0 Å². The Hall–Kier alpha value is -7.10. The minimum Gasteiger partial charge on any atom is -0.469 e. The molecule has 0 fully saturated rings. The van der Waals surface area contributed by atoms with E-state index in [0.717, 1.165) is 100 Å². The lowest BCUT2D eigenvalue weighted by Crippen LogP contribution is -2.23. The van der Waals surface area contributed by atoms with Crippen LogP contribution in [0.25, 0.3) is 11.0 Å². The zero-order valence-corrected chi connectivity index (χ0v) is 90.1. The average molecular weight is 1810 g/mol. The van der Waals surface area contributed by atoms with E-state index in [1.165, 1.54) is 38.9 Å². The summed E-state index contributed by atoms with van der Waals surface area (Å²) >= 11 is 1.95. The summed E-state index contributed by atoms with van der Waals surface area (Å²) in [6.45, 7) is 99.2. The molecule has 9 heteroatoms. The SMILES string of the molecule is C.C.C.CC(C)[C@@H](c1ccc2c(c1)OCO2)C(C)(C)C.CC(C)c1coc([C@H](C(C)C)C(C)(C)C)c1.CC[C@H](c1cc(C(C)C)co1)C(C)C.CC[C@H](c1cc2ccccc2o1)C(C)C.CC[C@H](c1ccc(C)o1)C(C)C.CC[C@H](c1ccccc1)C(C)C.Cc1ccc(C(C(C)C)C(C)C)o1.Cc1ccc([C@H](C(C)C)C(C)(C)C)o1.Cc1ccc([C@H](C(C)C)C(C)(C)C)s1. The lowest BCUT2D eigenvalue weighted by atomic mass is 9.70. The first kappa shape index (κ1) is 123. The number of furan rings is 6. The van der Waals surface area contributed by atoms with Gasteiger partial charge < -0.3 is 36.0 Å². The minimum atomic E-state index is 0. The van der Waals surface area contributed by atoms with Crippen molar-refractivity contribution < 1.29 is 36.0 Å². The highest BCUT2D eigenvalue weighted by Crippen LogP contribution is 2.48. The summed E-state index contributed by atoms with van der Waals surface area (Å²) in [7, 11) is 0. The van der Waals surface area contributed by atoms with Gasteiger partial charge in [-0.1, -0.05) is 354 Å². The monoisotopic (exact) mass is 1810 g/mol. The van der Waals surface area contributed by atoms with E-state index in [4.69, 9.17) is 36.0 Å². The maximum Gasteiger partial charge on any atom is 0.231 e. The molecular formula is C121H200O8S. The molecule has 130 heavy (non-hydrogen) atoms. The van der Waals surface area contributed by atoms with Crippen molar-refractivity contribution in [1.82, 2.24) is 0 Å². The van der Waals surface area contributed by atoms with Gasteiger partial charge in [0.05, 0.1) is 12.5 Å². The highest BCUT2D eigenvalue weighted by Gasteiger charge is 2.35. The molecular weight excluding hydrogens is 1610 g/mol. The van der Waals surface area contributed by atoms with Crippen molar-refractivity contribution in [2.24, 2.45) is 80.8 Å². The molecule has 0 saturated heterocycles. The Morgan fingerprint density at radius 2 is 0.669 bits per heavy atom. The molecule has 0 bridgehead atoms. The molecule has 0 spiro atoms. The van der Waals surface area contributed by atoms with Gasteiger partial charge in [-0.2, -0.15) is 0 Å². The maximum absolute atomic E-state index is 5.88. The lowest BCUT2D eigenvalue weighted by molar-refractivity contribution is 0.174.